The van der Waals surface area contributed by atoms with Crippen LogP contribution in [0.1, 0.15) is 30.1 Å². The van der Waals surface area contributed by atoms with Crippen molar-refractivity contribution in [3.8, 4) is 6.07 Å². The highest BCUT2D eigenvalue weighted by atomic mass is 19.1. The molecule has 5 nitrogen and oxygen atoms in total. The van der Waals surface area contributed by atoms with E-state index in [0.717, 1.165) is 30.9 Å². The van der Waals surface area contributed by atoms with Gasteiger partial charge in [0, 0.05) is 25.2 Å². The van der Waals surface area contributed by atoms with Crippen molar-refractivity contribution in [3.05, 3.63) is 59.8 Å². The van der Waals surface area contributed by atoms with E-state index >= 15 is 0 Å². The van der Waals surface area contributed by atoms with Gasteiger partial charge in [0.2, 0.25) is 0 Å². The van der Waals surface area contributed by atoms with Gasteiger partial charge in [0.25, 0.3) is 0 Å². The predicted octanol–water partition coefficient (Wildman–Crippen LogP) is 3.12. The number of rotatable bonds is 2. The Bertz CT molecular complexity index is 927. The smallest absolute Gasteiger partial charge is 0.160 e. The van der Waals surface area contributed by atoms with Gasteiger partial charge in [-0.1, -0.05) is 12.1 Å². The first kappa shape index (κ1) is 14.6. The van der Waals surface area contributed by atoms with Crippen molar-refractivity contribution in [3.63, 3.8) is 0 Å². The largest absolute Gasteiger partial charge is 0.370 e. The van der Waals surface area contributed by atoms with E-state index in [0.29, 0.717) is 12.2 Å². The van der Waals surface area contributed by atoms with Crippen LogP contribution in [0, 0.1) is 17.1 Å². The van der Waals surface area contributed by atoms with Crippen molar-refractivity contribution in [2.24, 2.45) is 0 Å². The summed E-state index contributed by atoms with van der Waals surface area (Å²) in [6.45, 7) is 1.51. The number of aromatic nitrogens is 3. The topological polar surface area (TPSA) is 57.2 Å². The minimum absolute atomic E-state index is 0.115. The molecule has 0 aliphatic carbocycles. The van der Waals surface area contributed by atoms with Crippen molar-refractivity contribution in [2.45, 2.75) is 18.8 Å². The fourth-order valence-electron chi connectivity index (χ4n) is 3.43. The summed E-state index contributed by atoms with van der Waals surface area (Å²) >= 11 is 0. The van der Waals surface area contributed by atoms with E-state index in [-0.39, 0.29) is 11.5 Å². The Labute approximate surface area is 139 Å². The maximum absolute atomic E-state index is 13.9. The number of fused-ring (bicyclic) bond motifs is 1. The first-order valence-corrected chi connectivity index (χ1v) is 8.01. The molecule has 1 fully saturated rings. The van der Waals surface area contributed by atoms with E-state index in [4.69, 9.17) is 0 Å². The van der Waals surface area contributed by atoms with Crippen LogP contribution in [0.4, 0.5) is 10.1 Å². The Morgan fingerprint density at radius 1 is 1.17 bits per heavy atom. The molecule has 0 bridgehead atoms. The van der Waals surface area contributed by atoms with E-state index in [9.17, 15) is 9.65 Å². The van der Waals surface area contributed by atoms with Crippen molar-refractivity contribution in [1.29, 1.82) is 5.26 Å². The molecular formula is C18H16FN5. The van der Waals surface area contributed by atoms with Gasteiger partial charge >= 0.3 is 0 Å². The molecule has 1 aliphatic heterocycles. The Morgan fingerprint density at radius 2 is 2.08 bits per heavy atom. The molecule has 120 valence electrons. The summed E-state index contributed by atoms with van der Waals surface area (Å²) < 4.78 is 15.9. The van der Waals surface area contributed by atoms with E-state index < -0.39 is 5.82 Å². The highest BCUT2D eigenvalue weighted by molar-refractivity contribution is 5.60. The van der Waals surface area contributed by atoms with Crippen molar-refractivity contribution in [2.75, 3.05) is 18.0 Å². The van der Waals surface area contributed by atoms with Crippen LogP contribution in [-0.4, -0.2) is 27.7 Å². The first-order chi connectivity index (χ1) is 11.8. The Kier molecular flexibility index (Phi) is 3.62. The lowest BCUT2D eigenvalue weighted by Gasteiger charge is -2.34. The van der Waals surface area contributed by atoms with Gasteiger partial charge < -0.3 is 4.90 Å². The lowest BCUT2D eigenvalue weighted by atomic mass is 9.96. The van der Waals surface area contributed by atoms with Gasteiger partial charge in [-0.15, -0.1) is 10.2 Å². The minimum atomic E-state index is -0.468. The van der Waals surface area contributed by atoms with Crippen LogP contribution < -0.4 is 4.90 Å². The summed E-state index contributed by atoms with van der Waals surface area (Å²) in [5.41, 5.74) is 1.60. The summed E-state index contributed by atoms with van der Waals surface area (Å²) in [6, 6.07) is 12.6. The zero-order valence-electron chi connectivity index (χ0n) is 13.1. The third-order valence-corrected chi connectivity index (χ3v) is 4.57. The van der Waals surface area contributed by atoms with Gasteiger partial charge in [-0.05, 0) is 37.1 Å². The number of nitriles is 1. The second-order valence-electron chi connectivity index (χ2n) is 6.02. The molecule has 4 rings (SSSR count). The number of benzene rings is 1. The normalized spacial score (nSPS) is 17.8. The molecule has 0 saturated carbocycles. The molecule has 6 heteroatoms. The number of nitrogens with zero attached hydrogens (tertiary/aromatic N) is 5. The standard InChI is InChI=1S/C18H16FN5/c19-15-6-3-7-16(14(15)11-20)23-9-4-5-13(12-23)18-22-21-17-8-1-2-10-24(17)18/h1-3,6-8,10,13H,4-5,9,12H2/t13-/m1/s1. The maximum Gasteiger partial charge on any atom is 0.160 e. The average Bonchev–Trinajstić information content (AvgIpc) is 3.06. The molecule has 1 aliphatic rings. The van der Waals surface area contributed by atoms with E-state index in [1.165, 1.54) is 6.07 Å². The molecule has 0 unspecified atom stereocenters. The lowest BCUT2D eigenvalue weighted by Crippen LogP contribution is -2.35. The molecule has 1 atom stereocenters. The Balaban J connectivity index is 1.68. The average molecular weight is 321 g/mol. The number of pyridine rings is 1. The first-order valence-electron chi connectivity index (χ1n) is 8.01. The fourth-order valence-corrected chi connectivity index (χ4v) is 3.43. The van der Waals surface area contributed by atoms with E-state index in [2.05, 4.69) is 15.1 Å². The van der Waals surface area contributed by atoms with Gasteiger partial charge in [0.05, 0.1) is 5.69 Å². The lowest BCUT2D eigenvalue weighted by molar-refractivity contribution is 0.487. The fraction of sp³-hybridized carbons (Fsp3) is 0.278. The van der Waals surface area contributed by atoms with Crippen LogP contribution >= 0.6 is 0 Å². The number of anilines is 1. The summed E-state index contributed by atoms with van der Waals surface area (Å²) in [7, 11) is 0. The summed E-state index contributed by atoms with van der Waals surface area (Å²) in [4.78, 5) is 2.08. The van der Waals surface area contributed by atoms with E-state index in [1.807, 2.05) is 40.9 Å². The van der Waals surface area contributed by atoms with Crippen LogP contribution in [0.5, 0.6) is 0 Å². The van der Waals surface area contributed by atoms with Gasteiger partial charge in [-0.3, -0.25) is 4.40 Å². The summed E-state index contributed by atoms with van der Waals surface area (Å²) in [5, 5.41) is 17.9. The minimum Gasteiger partial charge on any atom is -0.370 e. The maximum atomic E-state index is 13.9. The van der Waals surface area contributed by atoms with Crippen molar-refractivity contribution >= 4 is 11.3 Å². The molecule has 1 aromatic carbocycles. The van der Waals surface area contributed by atoms with Crippen LogP contribution in [0.3, 0.4) is 0 Å². The molecule has 0 radical (unpaired) electrons. The molecule has 0 spiro atoms. The van der Waals surface area contributed by atoms with Crippen LogP contribution in [-0.2, 0) is 0 Å². The summed E-state index contributed by atoms with van der Waals surface area (Å²) in [5.74, 6) is 0.654. The van der Waals surface area contributed by atoms with Crippen molar-refractivity contribution < 1.29 is 4.39 Å². The Morgan fingerprint density at radius 3 is 2.96 bits per heavy atom. The number of hydrogen-bond acceptors (Lipinski definition) is 4. The third kappa shape index (κ3) is 2.38. The SMILES string of the molecule is N#Cc1c(F)cccc1N1CCC[C@@H](c2nnc3ccccn23)C1. The third-order valence-electron chi connectivity index (χ3n) is 4.57. The van der Waals surface area contributed by atoms with E-state index in [1.54, 1.807) is 6.07 Å². The van der Waals surface area contributed by atoms with Gasteiger partial charge in [0.1, 0.15) is 23.3 Å². The van der Waals surface area contributed by atoms with Crippen LogP contribution in [0.15, 0.2) is 42.6 Å². The van der Waals surface area contributed by atoms with Gasteiger partial charge in [-0.25, -0.2) is 4.39 Å². The molecule has 3 aromatic rings. The van der Waals surface area contributed by atoms with Gasteiger partial charge in [0.15, 0.2) is 5.65 Å². The monoisotopic (exact) mass is 321 g/mol. The second-order valence-corrected chi connectivity index (χ2v) is 6.02. The predicted molar refractivity (Wildman–Crippen MR) is 88.3 cm³/mol. The number of hydrogen-bond donors (Lipinski definition) is 0. The number of piperidine rings is 1. The molecule has 1 saturated heterocycles. The zero-order valence-corrected chi connectivity index (χ0v) is 13.1. The molecule has 0 N–H and O–H groups in total. The van der Waals surface area contributed by atoms with Crippen LogP contribution in [0.25, 0.3) is 5.65 Å². The highest BCUT2D eigenvalue weighted by Crippen LogP contribution is 2.31. The highest BCUT2D eigenvalue weighted by Gasteiger charge is 2.27. The quantitative estimate of drug-likeness (QED) is 0.727. The zero-order chi connectivity index (χ0) is 16.5. The molecule has 2 aromatic heterocycles. The summed E-state index contributed by atoms with van der Waals surface area (Å²) in [6.07, 6.45) is 3.93. The molecule has 0 amide bonds. The molecule has 3 heterocycles. The molecule has 24 heavy (non-hydrogen) atoms. The Hall–Kier alpha value is -2.94. The molecular weight excluding hydrogens is 305 g/mol. The van der Waals surface area contributed by atoms with Gasteiger partial charge in [-0.2, -0.15) is 5.26 Å². The van der Waals surface area contributed by atoms with Crippen molar-refractivity contribution in [1.82, 2.24) is 14.6 Å². The van der Waals surface area contributed by atoms with Crippen LogP contribution in [0.2, 0.25) is 0 Å². The number of halogens is 1. The second kappa shape index (κ2) is 5.93.